The Kier molecular flexibility index (Phi) is 6.02. The Balaban J connectivity index is 1.69. The number of hydrogen-bond acceptors (Lipinski definition) is 5. The Hall–Kier alpha value is -2.23. The van der Waals surface area contributed by atoms with Crippen LogP contribution in [0.2, 0.25) is 0 Å². The zero-order valence-corrected chi connectivity index (χ0v) is 15.1. The molecule has 1 aromatic carbocycles. The molecule has 2 fully saturated rings. The molecule has 9 nitrogen and oxygen atoms in total. The molecular weight excluding hydrogens is 338 g/mol. The first-order chi connectivity index (χ1) is 12.5. The number of carbonyl (C=O) groups excluding carboxylic acids is 1. The zero-order chi connectivity index (χ0) is 18.5. The lowest BCUT2D eigenvalue weighted by atomic mass is 10.2. The van der Waals surface area contributed by atoms with Crippen LogP contribution in [0.4, 0.5) is 17.1 Å². The average Bonchev–Trinajstić information content (AvgIpc) is 2.64. The van der Waals surface area contributed by atoms with Gasteiger partial charge in [0.25, 0.3) is 11.6 Å². The van der Waals surface area contributed by atoms with Crippen LogP contribution in [0.5, 0.6) is 0 Å². The number of piperazine rings is 1. The topological polar surface area (TPSA) is 93.6 Å². The van der Waals surface area contributed by atoms with Crippen LogP contribution in [0, 0.1) is 10.1 Å². The number of nitrogens with zero attached hydrogens (tertiary/aromatic N) is 2. The number of carbonyl (C=O) groups is 1. The Morgan fingerprint density at radius 1 is 1.27 bits per heavy atom. The van der Waals surface area contributed by atoms with Crippen molar-refractivity contribution in [3.05, 3.63) is 28.3 Å². The third-order valence-corrected chi connectivity index (χ3v) is 5.05. The van der Waals surface area contributed by atoms with Crippen LogP contribution < -0.4 is 20.0 Å². The smallest absolute Gasteiger partial charge is 0.292 e. The number of benzene rings is 1. The van der Waals surface area contributed by atoms with Gasteiger partial charge in [-0.05, 0) is 12.1 Å². The first kappa shape index (κ1) is 18.6. The molecule has 9 heteroatoms. The van der Waals surface area contributed by atoms with Crippen molar-refractivity contribution in [2.45, 2.75) is 0 Å². The lowest BCUT2D eigenvalue weighted by Gasteiger charge is -2.29. The molecule has 0 unspecified atom stereocenters. The number of amides is 1. The van der Waals surface area contributed by atoms with Gasteiger partial charge in [-0.2, -0.15) is 0 Å². The van der Waals surface area contributed by atoms with E-state index in [1.54, 1.807) is 12.1 Å². The maximum absolute atomic E-state index is 12.4. The SMILES string of the molecule is C[NH+]1CC[NH+](CC(=O)Nc2cc(N3CCOCC3)ccc2[N+](=O)[O-])CC1. The summed E-state index contributed by atoms with van der Waals surface area (Å²) in [6, 6.07) is 4.89. The minimum atomic E-state index is -0.454. The van der Waals surface area contributed by atoms with Gasteiger partial charge in [0, 0.05) is 24.8 Å². The molecule has 2 saturated heterocycles. The number of morpholine rings is 1. The molecule has 2 heterocycles. The lowest BCUT2D eigenvalue weighted by Crippen LogP contribution is -3.27. The lowest BCUT2D eigenvalue weighted by molar-refractivity contribution is -0.999. The van der Waals surface area contributed by atoms with Crippen molar-refractivity contribution < 1.29 is 24.3 Å². The van der Waals surface area contributed by atoms with Gasteiger partial charge in [-0.15, -0.1) is 0 Å². The van der Waals surface area contributed by atoms with Gasteiger partial charge in [-0.25, -0.2) is 0 Å². The number of rotatable bonds is 5. The van der Waals surface area contributed by atoms with Crippen LogP contribution in [0.15, 0.2) is 18.2 Å². The third-order valence-electron chi connectivity index (χ3n) is 5.05. The molecule has 0 radical (unpaired) electrons. The third kappa shape index (κ3) is 4.69. The van der Waals surface area contributed by atoms with Gasteiger partial charge in [0.15, 0.2) is 6.54 Å². The van der Waals surface area contributed by atoms with Crippen molar-refractivity contribution >= 4 is 23.0 Å². The fourth-order valence-corrected chi connectivity index (χ4v) is 3.43. The van der Waals surface area contributed by atoms with E-state index in [1.807, 2.05) is 0 Å². The van der Waals surface area contributed by atoms with Gasteiger partial charge in [0.2, 0.25) is 0 Å². The quantitative estimate of drug-likeness (QED) is 0.406. The average molecular weight is 365 g/mol. The molecule has 2 aliphatic rings. The van der Waals surface area contributed by atoms with E-state index in [2.05, 4.69) is 17.3 Å². The van der Waals surface area contributed by atoms with Crippen molar-refractivity contribution in [3.8, 4) is 0 Å². The fourth-order valence-electron chi connectivity index (χ4n) is 3.43. The number of likely N-dealkylation sites (N-methyl/N-ethyl adjacent to an activating group) is 1. The van der Waals surface area contributed by atoms with Crippen molar-refractivity contribution in [1.29, 1.82) is 0 Å². The van der Waals surface area contributed by atoms with Gasteiger partial charge < -0.3 is 24.8 Å². The summed E-state index contributed by atoms with van der Waals surface area (Å²) in [5.74, 6) is -0.179. The Bertz CT molecular complexity index is 655. The first-order valence-corrected chi connectivity index (χ1v) is 9.09. The highest BCUT2D eigenvalue weighted by Crippen LogP contribution is 2.29. The molecule has 1 amide bonds. The monoisotopic (exact) mass is 365 g/mol. The summed E-state index contributed by atoms with van der Waals surface area (Å²) in [4.78, 5) is 28.1. The summed E-state index contributed by atoms with van der Waals surface area (Å²) in [7, 11) is 2.15. The number of ether oxygens (including phenoxy) is 1. The minimum Gasteiger partial charge on any atom is -0.378 e. The second-order valence-corrected chi connectivity index (χ2v) is 6.99. The molecule has 26 heavy (non-hydrogen) atoms. The van der Waals surface area contributed by atoms with Gasteiger partial charge in [-0.1, -0.05) is 0 Å². The second-order valence-electron chi connectivity index (χ2n) is 6.99. The largest absolute Gasteiger partial charge is 0.378 e. The van der Waals surface area contributed by atoms with Crippen molar-refractivity contribution in [2.24, 2.45) is 0 Å². The maximum atomic E-state index is 12.4. The number of nitro groups is 1. The number of anilines is 2. The molecule has 0 atom stereocenters. The number of nitro benzene ring substituents is 1. The van der Waals surface area contributed by atoms with Gasteiger partial charge in [-0.3, -0.25) is 14.9 Å². The number of quaternary nitrogens is 2. The summed E-state index contributed by atoms with van der Waals surface area (Å²) < 4.78 is 5.35. The minimum absolute atomic E-state index is 0.0758. The van der Waals surface area contributed by atoms with Crippen molar-refractivity contribution in [2.75, 3.05) is 76.3 Å². The molecule has 0 aromatic heterocycles. The van der Waals surface area contributed by atoms with E-state index in [1.165, 1.54) is 15.9 Å². The highest BCUT2D eigenvalue weighted by Gasteiger charge is 2.24. The second kappa shape index (κ2) is 8.43. The van der Waals surface area contributed by atoms with Crippen LogP contribution in [0.3, 0.4) is 0 Å². The predicted molar refractivity (Wildman–Crippen MR) is 96.9 cm³/mol. The molecule has 0 bridgehead atoms. The highest BCUT2D eigenvalue weighted by molar-refractivity contribution is 5.94. The van der Waals surface area contributed by atoms with Crippen LogP contribution in [0.1, 0.15) is 0 Å². The maximum Gasteiger partial charge on any atom is 0.292 e. The van der Waals surface area contributed by atoms with E-state index in [0.29, 0.717) is 19.8 Å². The molecule has 2 aliphatic heterocycles. The number of hydrogen-bond donors (Lipinski definition) is 3. The summed E-state index contributed by atoms with van der Waals surface area (Å²) >= 11 is 0. The summed E-state index contributed by atoms with van der Waals surface area (Å²) in [6.45, 7) is 7.03. The highest BCUT2D eigenvalue weighted by atomic mass is 16.6. The standard InChI is InChI=1S/C17H25N5O4/c1-19-4-6-20(7-5-19)13-17(23)18-15-12-14(2-3-16(15)22(24)25)21-8-10-26-11-9-21/h2-3,12H,4-11,13H2,1H3,(H,18,23)/p+2. The Morgan fingerprint density at radius 3 is 2.62 bits per heavy atom. The predicted octanol–water partition coefficient (Wildman–Crippen LogP) is -2.22. The molecule has 3 rings (SSSR count). The molecule has 0 aliphatic carbocycles. The normalized spacial score (nSPS) is 23.5. The zero-order valence-electron chi connectivity index (χ0n) is 15.1. The van der Waals surface area contributed by atoms with E-state index in [9.17, 15) is 14.9 Å². The van der Waals surface area contributed by atoms with Crippen molar-refractivity contribution in [3.63, 3.8) is 0 Å². The van der Waals surface area contributed by atoms with E-state index < -0.39 is 4.92 Å². The molecule has 142 valence electrons. The molecule has 3 N–H and O–H groups in total. The van der Waals surface area contributed by atoms with E-state index >= 15 is 0 Å². The Morgan fingerprint density at radius 2 is 1.96 bits per heavy atom. The molecule has 0 saturated carbocycles. The van der Waals surface area contributed by atoms with E-state index in [4.69, 9.17) is 4.74 Å². The number of nitrogens with one attached hydrogen (secondary N) is 3. The summed E-state index contributed by atoms with van der Waals surface area (Å²) in [5, 5.41) is 14.1. The summed E-state index contributed by atoms with van der Waals surface area (Å²) in [5.41, 5.74) is 1.06. The van der Waals surface area contributed by atoms with E-state index in [-0.39, 0.29) is 17.3 Å². The van der Waals surface area contributed by atoms with Crippen LogP contribution in [0.25, 0.3) is 0 Å². The Labute approximate surface area is 152 Å². The fraction of sp³-hybridized carbons (Fsp3) is 0.588. The summed E-state index contributed by atoms with van der Waals surface area (Å²) in [6.07, 6.45) is 0. The molecule has 0 spiro atoms. The van der Waals surface area contributed by atoms with E-state index in [0.717, 1.165) is 45.0 Å². The van der Waals surface area contributed by atoms with Crippen LogP contribution >= 0.6 is 0 Å². The molecule has 1 aromatic rings. The van der Waals surface area contributed by atoms with Gasteiger partial charge >= 0.3 is 0 Å². The van der Waals surface area contributed by atoms with Crippen LogP contribution in [-0.4, -0.2) is 76.9 Å². The molecular formula is C17H27N5O4+2. The van der Waals surface area contributed by atoms with Crippen LogP contribution in [-0.2, 0) is 9.53 Å². The van der Waals surface area contributed by atoms with Crippen molar-refractivity contribution in [1.82, 2.24) is 0 Å². The van der Waals surface area contributed by atoms with Gasteiger partial charge in [0.1, 0.15) is 31.9 Å². The van der Waals surface area contributed by atoms with Gasteiger partial charge in [0.05, 0.1) is 25.2 Å². The first-order valence-electron chi connectivity index (χ1n) is 9.09.